The Kier molecular flexibility index (Phi) is 5.61. The van der Waals surface area contributed by atoms with E-state index in [0.717, 1.165) is 51.3 Å². The smallest absolute Gasteiger partial charge is 0.248 e. The number of primary amides is 1. The van der Waals surface area contributed by atoms with Gasteiger partial charge in [0.1, 0.15) is 16.7 Å². The molecule has 0 spiro atoms. The van der Waals surface area contributed by atoms with Gasteiger partial charge in [0.2, 0.25) is 5.91 Å². The van der Waals surface area contributed by atoms with Gasteiger partial charge in [0.15, 0.2) is 0 Å². The molecule has 2 aromatic heterocycles. The second kappa shape index (κ2) is 8.58. The van der Waals surface area contributed by atoms with Crippen LogP contribution >= 0.6 is 22.9 Å². The van der Waals surface area contributed by atoms with Crippen LogP contribution in [0.3, 0.4) is 0 Å². The molecule has 4 aromatic rings. The first-order chi connectivity index (χ1) is 15.9. The van der Waals surface area contributed by atoms with Gasteiger partial charge >= 0.3 is 0 Å². The molecule has 2 N–H and O–H groups in total. The van der Waals surface area contributed by atoms with Crippen LogP contribution in [0.25, 0.3) is 27.2 Å². The normalized spacial score (nSPS) is 14.0. The molecule has 0 atom stereocenters. The molecular formula is C26H22ClN3O2S. The molecule has 7 heteroatoms. The Morgan fingerprint density at radius 2 is 1.97 bits per heavy atom. The second-order valence-electron chi connectivity index (χ2n) is 8.37. The fourth-order valence-electron chi connectivity index (χ4n) is 4.56. The van der Waals surface area contributed by atoms with Crippen LogP contribution < -0.4 is 10.5 Å². The first kappa shape index (κ1) is 21.6. The summed E-state index contributed by atoms with van der Waals surface area (Å²) in [5.74, 6) is 0.323. The molecule has 1 aliphatic rings. The van der Waals surface area contributed by atoms with E-state index in [0.29, 0.717) is 15.5 Å². The Balaban J connectivity index is 1.63. The Bertz CT molecular complexity index is 1420. The summed E-state index contributed by atoms with van der Waals surface area (Å²) in [4.78, 5) is 12.4. The van der Waals surface area contributed by atoms with Crippen molar-refractivity contribution in [3.05, 3.63) is 69.6 Å². The lowest BCUT2D eigenvalue weighted by molar-refractivity contribution is 0.0999. The monoisotopic (exact) mass is 475 g/mol. The number of aromatic nitrogens is 1. The predicted molar refractivity (Wildman–Crippen MR) is 132 cm³/mol. The molecule has 5 rings (SSSR count). The van der Waals surface area contributed by atoms with Crippen molar-refractivity contribution >= 4 is 39.1 Å². The van der Waals surface area contributed by atoms with E-state index >= 15 is 0 Å². The number of nitriles is 1. The highest BCUT2D eigenvalue weighted by Gasteiger charge is 2.20. The Labute approximate surface area is 201 Å². The molecule has 5 nitrogen and oxygen atoms in total. The predicted octanol–water partition coefficient (Wildman–Crippen LogP) is 6.61. The van der Waals surface area contributed by atoms with E-state index in [9.17, 15) is 10.1 Å². The largest absolute Gasteiger partial charge is 0.490 e. The summed E-state index contributed by atoms with van der Waals surface area (Å²) < 4.78 is 9.18. The first-order valence-electron chi connectivity index (χ1n) is 10.9. The third-order valence-electron chi connectivity index (χ3n) is 6.16. The summed E-state index contributed by atoms with van der Waals surface area (Å²) in [5.41, 5.74) is 10.3. The fourth-order valence-corrected chi connectivity index (χ4v) is 5.71. The number of carbonyl (C=O) groups is 1. The number of halogens is 1. The molecule has 1 saturated carbocycles. The molecule has 33 heavy (non-hydrogen) atoms. The maximum atomic E-state index is 11.7. The summed E-state index contributed by atoms with van der Waals surface area (Å²) >= 11 is 8.20. The average molecular weight is 476 g/mol. The van der Waals surface area contributed by atoms with Gasteiger partial charge in [-0.3, -0.25) is 4.79 Å². The van der Waals surface area contributed by atoms with Gasteiger partial charge in [-0.15, -0.1) is 11.3 Å². The molecule has 2 heterocycles. The number of rotatable bonds is 5. The zero-order valence-electron chi connectivity index (χ0n) is 18.1. The van der Waals surface area contributed by atoms with E-state index in [2.05, 4.69) is 16.7 Å². The van der Waals surface area contributed by atoms with Crippen molar-refractivity contribution in [1.29, 1.82) is 5.26 Å². The number of benzene rings is 2. The lowest BCUT2D eigenvalue weighted by atomic mass is 10.1. The van der Waals surface area contributed by atoms with Crippen molar-refractivity contribution < 1.29 is 9.53 Å². The van der Waals surface area contributed by atoms with Crippen LogP contribution in [0.15, 0.2) is 48.5 Å². The topological polar surface area (TPSA) is 81.0 Å². The number of ether oxygens (including phenoxy) is 1. The molecule has 1 fully saturated rings. The molecule has 0 saturated heterocycles. The minimum Gasteiger partial charge on any atom is -0.490 e. The first-order valence-corrected chi connectivity index (χ1v) is 12.1. The minimum absolute atomic E-state index is 0.261. The van der Waals surface area contributed by atoms with Gasteiger partial charge in [-0.25, -0.2) is 0 Å². The second-order valence-corrected chi connectivity index (χ2v) is 9.86. The van der Waals surface area contributed by atoms with E-state index in [1.54, 1.807) is 6.07 Å². The van der Waals surface area contributed by atoms with Crippen LogP contribution in [-0.4, -0.2) is 16.6 Å². The number of aryl methyl sites for hydroxylation is 1. The maximum absolute atomic E-state index is 11.7. The van der Waals surface area contributed by atoms with Gasteiger partial charge in [-0.2, -0.15) is 5.26 Å². The third kappa shape index (κ3) is 3.99. The van der Waals surface area contributed by atoms with Crippen molar-refractivity contribution in [1.82, 2.24) is 4.57 Å². The van der Waals surface area contributed by atoms with E-state index in [4.69, 9.17) is 22.1 Å². The SMILES string of the molecule is Cc1cc(-n2c(-c3ccc(OC4CCCC4)cc3Cl)cc3sc(C#N)cc32)ccc1C(N)=O. The third-order valence-corrected chi connectivity index (χ3v) is 7.44. The summed E-state index contributed by atoms with van der Waals surface area (Å²) in [6.45, 7) is 1.86. The lowest BCUT2D eigenvalue weighted by Gasteiger charge is -2.16. The van der Waals surface area contributed by atoms with Crippen molar-refractivity contribution in [2.24, 2.45) is 5.73 Å². The zero-order valence-corrected chi connectivity index (χ0v) is 19.7. The van der Waals surface area contributed by atoms with Gasteiger partial charge in [0.05, 0.1) is 27.0 Å². The number of fused-ring (bicyclic) bond motifs is 1. The average Bonchev–Trinajstić information content (AvgIpc) is 3.49. The van der Waals surface area contributed by atoms with Crippen LogP contribution in [0.5, 0.6) is 5.75 Å². The van der Waals surface area contributed by atoms with E-state index in [1.165, 1.54) is 24.2 Å². The summed E-state index contributed by atoms with van der Waals surface area (Å²) in [5, 5.41) is 10.0. The molecule has 0 unspecified atom stereocenters. The number of hydrogen-bond donors (Lipinski definition) is 1. The van der Waals surface area contributed by atoms with Crippen LogP contribution in [0.2, 0.25) is 5.02 Å². The number of carbonyl (C=O) groups excluding carboxylic acids is 1. The standard InChI is InChI=1S/C26H22ClN3O2S/c1-15-10-16(6-8-20(15)26(29)31)30-23(13-25-24(30)12-19(14-28)33-25)21-9-7-18(11-22(21)27)32-17-4-2-3-5-17/h6-13,17H,2-5H2,1H3,(H2,29,31). The molecule has 0 radical (unpaired) electrons. The highest BCUT2D eigenvalue weighted by molar-refractivity contribution is 7.19. The van der Waals surface area contributed by atoms with Crippen LogP contribution in [0.1, 0.15) is 46.5 Å². The Hall–Kier alpha value is -3.27. The maximum Gasteiger partial charge on any atom is 0.248 e. The molecular weight excluding hydrogens is 454 g/mol. The van der Waals surface area contributed by atoms with Crippen molar-refractivity contribution in [2.75, 3.05) is 0 Å². The van der Waals surface area contributed by atoms with E-state index < -0.39 is 5.91 Å². The van der Waals surface area contributed by atoms with Crippen molar-refractivity contribution in [3.63, 3.8) is 0 Å². The summed E-state index contributed by atoms with van der Waals surface area (Å²) in [6.07, 6.45) is 4.84. The number of hydrogen-bond acceptors (Lipinski definition) is 4. The summed E-state index contributed by atoms with van der Waals surface area (Å²) in [7, 11) is 0. The van der Waals surface area contributed by atoms with E-state index in [-0.39, 0.29) is 6.10 Å². The summed E-state index contributed by atoms with van der Waals surface area (Å²) in [6, 6.07) is 17.5. The van der Waals surface area contributed by atoms with Gasteiger partial charge in [0.25, 0.3) is 0 Å². The molecule has 2 aromatic carbocycles. The Morgan fingerprint density at radius 3 is 2.64 bits per heavy atom. The zero-order chi connectivity index (χ0) is 23.1. The number of amides is 1. The molecule has 1 aliphatic carbocycles. The highest BCUT2D eigenvalue weighted by Crippen LogP contribution is 2.40. The highest BCUT2D eigenvalue weighted by atomic mass is 35.5. The van der Waals surface area contributed by atoms with Gasteiger partial charge < -0.3 is 15.0 Å². The van der Waals surface area contributed by atoms with Crippen LogP contribution in [0, 0.1) is 18.3 Å². The fraction of sp³-hybridized carbons (Fsp3) is 0.231. The molecule has 1 amide bonds. The van der Waals surface area contributed by atoms with E-state index in [1.807, 2.05) is 43.3 Å². The van der Waals surface area contributed by atoms with Crippen LogP contribution in [-0.2, 0) is 0 Å². The van der Waals surface area contributed by atoms with Crippen molar-refractivity contribution in [3.8, 4) is 28.8 Å². The molecule has 166 valence electrons. The molecule has 0 aliphatic heterocycles. The van der Waals surface area contributed by atoms with Crippen molar-refractivity contribution in [2.45, 2.75) is 38.7 Å². The number of nitrogens with two attached hydrogens (primary N) is 1. The lowest BCUT2D eigenvalue weighted by Crippen LogP contribution is -2.13. The minimum atomic E-state index is -0.458. The van der Waals surface area contributed by atoms with Gasteiger partial charge in [-0.1, -0.05) is 11.6 Å². The number of nitrogens with zero attached hydrogens (tertiary/aromatic N) is 2. The molecule has 0 bridgehead atoms. The quantitative estimate of drug-likeness (QED) is 0.352. The van der Waals surface area contributed by atoms with Gasteiger partial charge in [-0.05, 0) is 86.7 Å². The Morgan fingerprint density at radius 1 is 1.18 bits per heavy atom. The van der Waals surface area contributed by atoms with Gasteiger partial charge in [0, 0.05) is 16.8 Å². The van der Waals surface area contributed by atoms with Crippen LogP contribution in [0.4, 0.5) is 0 Å². The number of thiophene rings is 1.